The lowest BCUT2D eigenvalue weighted by Crippen LogP contribution is -1.99. The second-order valence-corrected chi connectivity index (χ2v) is 4.59. The van der Waals surface area contributed by atoms with E-state index in [1.54, 1.807) is 31.4 Å². The zero-order valence-electron chi connectivity index (χ0n) is 11.4. The zero-order chi connectivity index (χ0) is 15.2. The molecule has 2 aromatic rings. The summed E-state index contributed by atoms with van der Waals surface area (Å²) in [5, 5.41) is 10.7. The molecule has 0 aliphatic rings. The van der Waals surface area contributed by atoms with Gasteiger partial charge in [-0.15, -0.1) is 11.6 Å². The molecule has 0 radical (unpaired) electrons. The highest BCUT2D eigenvalue weighted by Gasteiger charge is 2.08. The Labute approximate surface area is 127 Å². The van der Waals surface area contributed by atoms with E-state index in [-0.39, 0.29) is 12.3 Å². The molecule has 21 heavy (non-hydrogen) atoms. The van der Waals surface area contributed by atoms with E-state index < -0.39 is 4.92 Å². The number of hydrogen-bond acceptors (Lipinski definition) is 4. The van der Waals surface area contributed by atoms with Gasteiger partial charge in [-0.2, -0.15) is 0 Å². The van der Waals surface area contributed by atoms with Crippen molar-refractivity contribution in [1.29, 1.82) is 0 Å². The van der Waals surface area contributed by atoms with Crippen molar-refractivity contribution in [1.82, 2.24) is 0 Å². The van der Waals surface area contributed by atoms with Crippen molar-refractivity contribution in [3.63, 3.8) is 0 Å². The van der Waals surface area contributed by atoms with Gasteiger partial charge in [-0.25, -0.2) is 0 Å². The lowest BCUT2D eigenvalue weighted by atomic mass is 10.2. The van der Waals surface area contributed by atoms with Crippen LogP contribution in [0.15, 0.2) is 42.5 Å². The topological polar surface area (TPSA) is 61.6 Å². The Hall–Kier alpha value is -2.27. The molecule has 0 aliphatic heterocycles. The second kappa shape index (κ2) is 6.95. The first-order valence-corrected chi connectivity index (χ1v) is 6.76. The molecule has 0 amide bonds. The fourth-order valence-corrected chi connectivity index (χ4v) is 2.05. The average molecular weight is 308 g/mol. The molecular formula is C15H14ClNO4. The number of non-ortho nitro benzene ring substituents is 1. The van der Waals surface area contributed by atoms with Crippen LogP contribution in [0, 0.1) is 10.1 Å². The highest BCUT2D eigenvalue weighted by atomic mass is 35.5. The zero-order valence-corrected chi connectivity index (χ0v) is 12.2. The van der Waals surface area contributed by atoms with E-state index in [2.05, 4.69) is 0 Å². The molecule has 6 heteroatoms. The molecule has 0 saturated heterocycles. The van der Waals surface area contributed by atoms with Gasteiger partial charge in [-0.1, -0.05) is 18.2 Å². The number of rotatable bonds is 6. The van der Waals surface area contributed by atoms with E-state index in [9.17, 15) is 10.1 Å². The summed E-state index contributed by atoms with van der Waals surface area (Å²) in [7, 11) is 1.57. The smallest absolute Gasteiger partial charge is 0.269 e. The van der Waals surface area contributed by atoms with E-state index in [4.69, 9.17) is 21.1 Å². The number of benzene rings is 2. The van der Waals surface area contributed by atoms with Crippen LogP contribution in [0.2, 0.25) is 0 Å². The first-order valence-electron chi connectivity index (χ1n) is 6.23. The number of hydrogen-bond donors (Lipinski definition) is 0. The normalized spacial score (nSPS) is 10.2. The molecule has 5 nitrogen and oxygen atoms in total. The van der Waals surface area contributed by atoms with Crippen molar-refractivity contribution in [2.24, 2.45) is 0 Å². The highest BCUT2D eigenvalue weighted by Crippen LogP contribution is 2.27. The van der Waals surface area contributed by atoms with Gasteiger partial charge in [0, 0.05) is 23.8 Å². The molecule has 0 aromatic heterocycles. The number of nitro groups is 1. The molecule has 0 spiro atoms. The van der Waals surface area contributed by atoms with Crippen LogP contribution in [0.25, 0.3) is 0 Å². The van der Waals surface area contributed by atoms with Crippen molar-refractivity contribution in [2.75, 3.05) is 7.11 Å². The van der Waals surface area contributed by atoms with Gasteiger partial charge in [-0.3, -0.25) is 10.1 Å². The standard InChI is InChI=1S/C15H14ClNO4/c1-20-14-6-5-12(9-16)15(8-14)21-10-11-3-2-4-13(7-11)17(18)19/h2-8H,9-10H2,1H3. The van der Waals surface area contributed by atoms with Crippen LogP contribution in [0.1, 0.15) is 11.1 Å². The number of nitro benzene ring substituents is 1. The predicted octanol–water partition coefficient (Wildman–Crippen LogP) is 3.92. The van der Waals surface area contributed by atoms with Gasteiger partial charge in [0.25, 0.3) is 5.69 Å². The number of halogens is 1. The van der Waals surface area contributed by atoms with Gasteiger partial charge in [-0.05, 0) is 11.6 Å². The third-order valence-electron chi connectivity index (χ3n) is 2.93. The Bertz CT molecular complexity index is 645. The maximum absolute atomic E-state index is 10.7. The minimum absolute atomic E-state index is 0.0410. The van der Waals surface area contributed by atoms with Crippen molar-refractivity contribution >= 4 is 17.3 Å². The first kappa shape index (κ1) is 15.1. The summed E-state index contributed by atoms with van der Waals surface area (Å²) in [6, 6.07) is 11.7. The van der Waals surface area contributed by atoms with Crippen molar-refractivity contribution in [2.45, 2.75) is 12.5 Å². The lowest BCUT2D eigenvalue weighted by Gasteiger charge is -2.11. The predicted molar refractivity (Wildman–Crippen MR) is 80.0 cm³/mol. The first-order chi connectivity index (χ1) is 10.1. The quantitative estimate of drug-likeness (QED) is 0.461. The van der Waals surface area contributed by atoms with E-state index >= 15 is 0 Å². The third-order valence-corrected chi connectivity index (χ3v) is 3.22. The number of ether oxygens (including phenoxy) is 2. The molecule has 0 aliphatic carbocycles. The van der Waals surface area contributed by atoms with E-state index in [1.807, 2.05) is 6.07 Å². The molecule has 110 valence electrons. The molecule has 0 atom stereocenters. The molecule has 2 rings (SSSR count). The summed E-state index contributed by atoms with van der Waals surface area (Å²) in [4.78, 5) is 10.3. The van der Waals surface area contributed by atoms with Crippen LogP contribution in [0.5, 0.6) is 11.5 Å². The fourth-order valence-electron chi connectivity index (χ4n) is 1.83. The van der Waals surface area contributed by atoms with Crippen LogP contribution in [-0.2, 0) is 12.5 Å². The fraction of sp³-hybridized carbons (Fsp3) is 0.200. The van der Waals surface area contributed by atoms with Gasteiger partial charge in [0.05, 0.1) is 17.9 Å². The van der Waals surface area contributed by atoms with E-state index in [0.29, 0.717) is 22.9 Å². The van der Waals surface area contributed by atoms with Gasteiger partial charge < -0.3 is 9.47 Å². The van der Waals surface area contributed by atoms with Crippen molar-refractivity contribution in [3.05, 3.63) is 63.7 Å². The summed E-state index contributed by atoms with van der Waals surface area (Å²) in [5.41, 5.74) is 1.59. The largest absolute Gasteiger partial charge is 0.497 e. The summed E-state index contributed by atoms with van der Waals surface area (Å²) in [6.45, 7) is 0.221. The van der Waals surface area contributed by atoms with Gasteiger partial charge in [0.15, 0.2) is 0 Å². The minimum atomic E-state index is -0.431. The number of methoxy groups -OCH3 is 1. The molecular weight excluding hydrogens is 294 g/mol. The van der Waals surface area contributed by atoms with Crippen LogP contribution < -0.4 is 9.47 Å². The molecule has 0 bridgehead atoms. The van der Waals surface area contributed by atoms with Crippen molar-refractivity contribution in [3.8, 4) is 11.5 Å². The van der Waals surface area contributed by atoms with Crippen LogP contribution in [0.3, 0.4) is 0 Å². The van der Waals surface area contributed by atoms with Gasteiger partial charge >= 0.3 is 0 Å². The van der Waals surface area contributed by atoms with Crippen LogP contribution >= 0.6 is 11.6 Å². The molecule has 2 aromatic carbocycles. The molecule has 0 saturated carbocycles. The summed E-state index contributed by atoms with van der Waals surface area (Å²) in [5.74, 6) is 1.59. The maximum atomic E-state index is 10.7. The van der Waals surface area contributed by atoms with Gasteiger partial charge in [0.1, 0.15) is 18.1 Å². The van der Waals surface area contributed by atoms with Crippen LogP contribution in [0.4, 0.5) is 5.69 Å². The Morgan fingerprint density at radius 3 is 2.71 bits per heavy atom. The second-order valence-electron chi connectivity index (χ2n) is 4.32. The summed E-state index contributed by atoms with van der Waals surface area (Å²) >= 11 is 5.87. The SMILES string of the molecule is COc1ccc(CCl)c(OCc2cccc([N+](=O)[O-])c2)c1. The van der Waals surface area contributed by atoms with Crippen molar-refractivity contribution < 1.29 is 14.4 Å². The minimum Gasteiger partial charge on any atom is -0.497 e. The summed E-state index contributed by atoms with van der Waals surface area (Å²) < 4.78 is 10.8. The Morgan fingerprint density at radius 1 is 1.24 bits per heavy atom. The van der Waals surface area contributed by atoms with E-state index in [1.165, 1.54) is 12.1 Å². The number of nitrogens with zero attached hydrogens (tertiary/aromatic N) is 1. The molecule has 0 N–H and O–H groups in total. The molecule has 0 unspecified atom stereocenters. The highest BCUT2D eigenvalue weighted by molar-refractivity contribution is 6.17. The van der Waals surface area contributed by atoms with Crippen LogP contribution in [-0.4, -0.2) is 12.0 Å². The van der Waals surface area contributed by atoms with Gasteiger partial charge in [0.2, 0.25) is 0 Å². The maximum Gasteiger partial charge on any atom is 0.269 e. The summed E-state index contributed by atoms with van der Waals surface area (Å²) in [6.07, 6.45) is 0. The molecule has 0 fully saturated rings. The average Bonchev–Trinajstić information content (AvgIpc) is 2.52. The van der Waals surface area contributed by atoms with E-state index in [0.717, 1.165) is 5.56 Å². The monoisotopic (exact) mass is 307 g/mol. The Kier molecular flexibility index (Phi) is 5.00. The number of alkyl halides is 1. The third kappa shape index (κ3) is 3.86. The lowest BCUT2D eigenvalue weighted by molar-refractivity contribution is -0.384. The Morgan fingerprint density at radius 2 is 2.05 bits per heavy atom. The molecule has 0 heterocycles. The Balaban J connectivity index is 2.15.